The SMILES string of the molecule is CC1CCC(NCC(O)CN2CCOCC2)C1C. The van der Waals surface area contributed by atoms with E-state index in [0.717, 1.165) is 51.2 Å². The molecule has 0 aromatic heterocycles. The molecule has 0 spiro atoms. The molecule has 1 aliphatic heterocycles. The maximum Gasteiger partial charge on any atom is 0.0791 e. The molecule has 1 aliphatic carbocycles. The fraction of sp³-hybridized carbons (Fsp3) is 1.00. The predicted molar refractivity (Wildman–Crippen MR) is 72.6 cm³/mol. The second-order valence-corrected chi connectivity index (χ2v) is 6.00. The van der Waals surface area contributed by atoms with Gasteiger partial charge in [0.2, 0.25) is 0 Å². The average molecular weight is 256 g/mol. The van der Waals surface area contributed by atoms with Crippen LogP contribution in [0, 0.1) is 11.8 Å². The number of aliphatic hydroxyl groups excluding tert-OH is 1. The van der Waals surface area contributed by atoms with Crippen LogP contribution in [0.25, 0.3) is 0 Å². The molecule has 18 heavy (non-hydrogen) atoms. The van der Waals surface area contributed by atoms with Gasteiger partial charge in [0.25, 0.3) is 0 Å². The first-order valence-electron chi connectivity index (χ1n) is 7.38. The number of hydrogen-bond donors (Lipinski definition) is 2. The highest BCUT2D eigenvalue weighted by molar-refractivity contribution is 4.85. The van der Waals surface area contributed by atoms with Gasteiger partial charge in [-0.1, -0.05) is 13.8 Å². The molecule has 4 atom stereocenters. The van der Waals surface area contributed by atoms with Crippen molar-refractivity contribution in [1.29, 1.82) is 0 Å². The lowest BCUT2D eigenvalue weighted by Crippen LogP contribution is -2.45. The molecule has 1 saturated heterocycles. The lowest BCUT2D eigenvalue weighted by atomic mass is 9.98. The van der Waals surface area contributed by atoms with E-state index in [4.69, 9.17) is 4.74 Å². The Morgan fingerprint density at radius 3 is 2.61 bits per heavy atom. The van der Waals surface area contributed by atoms with Gasteiger partial charge >= 0.3 is 0 Å². The summed E-state index contributed by atoms with van der Waals surface area (Å²) in [7, 11) is 0. The van der Waals surface area contributed by atoms with Crippen molar-refractivity contribution >= 4 is 0 Å². The van der Waals surface area contributed by atoms with E-state index >= 15 is 0 Å². The molecule has 0 bridgehead atoms. The van der Waals surface area contributed by atoms with E-state index in [1.54, 1.807) is 0 Å². The van der Waals surface area contributed by atoms with Crippen LogP contribution in [0.3, 0.4) is 0 Å². The first-order chi connectivity index (χ1) is 8.66. The number of hydrogen-bond acceptors (Lipinski definition) is 4. The van der Waals surface area contributed by atoms with Crippen molar-refractivity contribution in [1.82, 2.24) is 10.2 Å². The molecule has 4 unspecified atom stereocenters. The minimum Gasteiger partial charge on any atom is -0.390 e. The summed E-state index contributed by atoms with van der Waals surface area (Å²) in [6.07, 6.45) is 2.32. The zero-order valence-corrected chi connectivity index (χ0v) is 11.8. The van der Waals surface area contributed by atoms with Gasteiger partial charge in [0.05, 0.1) is 19.3 Å². The molecule has 4 nitrogen and oxygen atoms in total. The van der Waals surface area contributed by atoms with Gasteiger partial charge in [-0.25, -0.2) is 0 Å². The molecule has 2 N–H and O–H groups in total. The van der Waals surface area contributed by atoms with Crippen LogP contribution in [0.4, 0.5) is 0 Å². The molecule has 1 saturated carbocycles. The molecule has 2 aliphatic rings. The van der Waals surface area contributed by atoms with Crippen molar-refractivity contribution < 1.29 is 9.84 Å². The summed E-state index contributed by atoms with van der Waals surface area (Å²) < 4.78 is 5.31. The number of β-amino-alcohol motifs (C(OH)–C–C–N with tert-alkyl or cyclic N) is 1. The van der Waals surface area contributed by atoms with E-state index in [2.05, 4.69) is 24.1 Å². The minimum absolute atomic E-state index is 0.258. The molecule has 106 valence electrons. The molecule has 2 fully saturated rings. The summed E-state index contributed by atoms with van der Waals surface area (Å²) in [4.78, 5) is 2.29. The third-order valence-corrected chi connectivity index (χ3v) is 4.65. The van der Waals surface area contributed by atoms with E-state index in [0.29, 0.717) is 6.04 Å². The second kappa shape index (κ2) is 6.85. The van der Waals surface area contributed by atoms with Crippen LogP contribution in [0.1, 0.15) is 26.7 Å². The van der Waals surface area contributed by atoms with Gasteiger partial charge in [-0.15, -0.1) is 0 Å². The van der Waals surface area contributed by atoms with Crippen LogP contribution in [0.2, 0.25) is 0 Å². The lowest BCUT2D eigenvalue weighted by Gasteiger charge is -2.29. The first-order valence-corrected chi connectivity index (χ1v) is 7.38. The third-order valence-electron chi connectivity index (χ3n) is 4.65. The van der Waals surface area contributed by atoms with Crippen molar-refractivity contribution in [3.8, 4) is 0 Å². The number of ether oxygens (including phenoxy) is 1. The zero-order valence-electron chi connectivity index (χ0n) is 11.8. The first kappa shape index (κ1) is 14.3. The summed E-state index contributed by atoms with van der Waals surface area (Å²) in [6, 6.07) is 0.597. The highest BCUT2D eigenvalue weighted by atomic mass is 16.5. The lowest BCUT2D eigenvalue weighted by molar-refractivity contribution is 0.0142. The predicted octanol–water partition coefficient (Wildman–Crippen LogP) is 0.704. The zero-order chi connectivity index (χ0) is 13.0. The third kappa shape index (κ3) is 3.92. The summed E-state index contributed by atoms with van der Waals surface area (Å²) in [5, 5.41) is 13.6. The molecule has 2 rings (SSSR count). The normalized spacial score (nSPS) is 35.8. The average Bonchev–Trinajstić information content (AvgIpc) is 2.69. The molecule has 0 aromatic rings. The highest BCUT2D eigenvalue weighted by Gasteiger charge is 2.29. The Morgan fingerprint density at radius 2 is 2.00 bits per heavy atom. The number of morpholine rings is 1. The minimum atomic E-state index is -0.258. The largest absolute Gasteiger partial charge is 0.390 e. The number of aliphatic hydroxyl groups is 1. The van der Waals surface area contributed by atoms with Crippen molar-refractivity contribution in [3.63, 3.8) is 0 Å². The maximum atomic E-state index is 10.1. The summed E-state index contributed by atoms with van der Waals surface area (Å²) in [5.74, 6) is 1.56. The van der Waals surface area contributed by atoms with Crippen molar-refractivity contribution in [2.75, 3.05) is 39.4 Å². The fourth-order valence-corrected chi connectivity index (χ4v) is 3.09. The fourth-order valence-electron chi connectivity index (χ4n) is 3.09. The van der Waals surface area contributed by atoms with Gasteiger partial charge in [0.1, 0.15) is 0 Å². The Bertz CT molecular complexity index is 244. The van der Waals surface area contributed by atoms with Gasteiger partial charge in [0, 0.05) is 32.2 Å². The monoisotopic (exact) mass is 256 g/mol. The van der Waals surface area contributed by atoms with Crippen molar-refractivity contribution in [2.45, 2.75) is 38.8 Å². The van der Waals surface area contributed by atoms with Crippen LogP contribution in [-0.2, 0) is 4.74 Å². The Balaban J connectivity index is 1.63. The van der Waals surface area contributed by atoms with E-state index in [1.165, 1.54) is 12.8 Å². The van der Waals surface area contributed by atoms with Crippen LogP contribution in [-0.4, -0.2) is 61.5 Å². The maximum absolute atomic E-state index is 10.1. The van der Waals surface area contributed by atoms with Gasteiger partial charge in [-0.2, -0.15) is 0 Å². The standard InChI is InChI=1S/C14H28N2O2/c1-11-3-4-14(12(11)2)15-9-13(17)10-16-5-7-18-8-6-16/h11-15,17H,3-10H2,1-2H3. The molecule has 1 heterocycles. The van der Waals surface area contributed by atoms with Crippen LogP contribution < -0.4 is 5.32 Å². The van der Waals surface area contributed by atoms with E-state index < -0.39 is 0 Å². The van der Waals surface area contributed by atoms with Crippen LogP contribution in [0.15, 0.2) is 0 Å². The van der Waals surface area contributed by atoms with Gasteiger partial charge in [-0.3, -0.25) is 4.90 Å². The van der Waals surface area contributed by atoms with E-state index in [1.807, 2.05) is 0 Å². The van der Waals surface area contributed by atoms with Crippen molar-refractivity contribution in [3.05, 3.63) is 0 Å². The smallest absolute Gasteiger partial charge is 0.0791 e. The summed E-state index contributed by atoms with van der Waals surface area (Å²) >= 11 is 0. The molecule has 4 heteroatoms. The van der Waals surface area contributed by atoms with Crippen LogP contribution >= 0.6 is 0 Å². The molecule has 0 aromatic carbocycles. The number of rotatable bonds is 5. The summed E-state index contributed by atoms with van der Waals surface area (Å²) in [6.45, 7) is 9.66. The molecular weight excluding hydrogens is 228 g/mol. The van der Waals surface area contributed by atoms with Gasteiger partial charge < -0.3 is 15.2 Å². The highest BCUT2D eigenvalue weighted by Crippen LogP contribution is 2.30. The number of nitrogens with zero attached hydrogens (tertiary/aromatic N) is 1. The Kier molecular flexibility index (Phi) is 5.42. The van der Waals surface area contributed by atoms with E-state index in [-0.39, 0.29) is 6.10 Å². The topological polar surface area (TPSA) is 44.7 Å². The quantitative estimate of drug-likeness (QED) is 0.760. The molecule has 0 amide bonds. The van der Waals surface area contributed by atoms with Crippen LogP contribution in [0.5, 0.6) is 0 Å². The van der Waals surface area contributed by atoms with E-state index in [9.17, 15) is 5.11 Å². The molecule has 0 radical (unpaired) electrons. The van der Waals surface area contributed by atoms with Gasteiger partial charge in [0.15, 0.2) is 0 Å². The Hall–Kier alpha value is -0.160. The van der Waals surface area contributed by atoms with Crippen molar-refractivity contribution in [2.24, 2.45) is 11.8 Å². The van der Waals surface area contributed by atoms with Gasteiger partial charge in [-0.05, 0) is 24.7 Å². The Labute approximate surface area is 111 Å². The molecular formula is C14H28N2O2. The Morgan fingerprint density at radius 1 is 1.28 bits per heavy atom. The number of nitrogens with one attached hydrogen (secondary N) is 1. The second-order valence-electron chi connectivity index (χ2n) is 6.00. The summed E-state index contributed by atoms with van der Waals surface area (Å²) in [5.41, 5.74) is 0.